The molecule has 1 heterocycles. The van der Waals surface area contributed by atoms with Gasteiger partial charge in [-0.3, -0.25) is 4.90 Å². The molecular weight excluding hydrogens is 318 g/mol. The van der Waals surface area contributed by atoms with Gasteiger partial charge < -0.3 is 10.0 Å². The summed E-state index contributed by atoms with van der Waals surface area (Å²) in [4.78, 5) is 4.59. The molecule has 0 saturated carbocycles. The standard InChI is InChI=1S/C15H20BrN3O/c1-3-12-10-19(7-6-18(12)2)14(9-17)11-4-5-15(20)13(16)8-11/h4-5,8,12,14,20H,3,6-7,10H2,1-2H3. The molecule has 0 radical (unpaired) electrons. The molecule has 0 amide bonds. The van der Waals surface area contributed by atoms with Crippen molar-refractivity contribution in [1.29, 1.82) is 5.26 Å². The van der Waals surface area contributed by atoms with Crippen LogP contribution in [0.25, 0.3) is 0 Å². The van der Waals surface area contributed by atoms with E-state index in [1.807, 2.05) is 12.1 Å². The number of hydrogen-bond acceptors (Lipinski definition) is 4. The molecule has 0 aromatic heterocycles. The lowest BCUT2D eigenvalue weighted by Gasteiger charge is -2.41. The Hall–Kier alpha value is -1.09. The second-order valence-corrected chi connectivity index (χ2v) is 6.13. The topological polar surface area (TPSA) is 50.5 Å². The summed E-state index contributed by atoms with van der Waals surface area (Å²) >= 11 is 3.32. The molecule has 1 aromatic rings. The Morgan fingerprint density at radius 3 is 2.85 bits per heavy atom. The molecular formula is C15H20BrN3O. The van der Waals surface area contributed by atoms with E-state index in [0.29, 0.717) is 10.5 Å². The van der Waals surface area contributed by atoms with Gasteiger partial charge in [0, 0.05) is 25.7 Å². The fraction of sp³-hybridized carbons (Fsp3) is 0.533. The van der Waals surface area contributed by atoms with Crippen molar-refractivity contribution in [3.05, 3.63) is 28.2 Å². The monoisotopic (exact) mass is 337 g/mol. The Balaban J connectivity index is 2.20. The number of phenolic OH excluding ortho intramolecular Hbond substituents is 1. The van der Waals surface area contributed by atoms with Gasteiger partial charge in [0.15, 0.2) is 0 Å². The predicted molar refractivity (Wildman–Crippen MR) is 82.4 cm³/mol. The number of rotatable bonds is 3. The number of phenols is 1. The van der Waals surface area contributed by atoms with Crippen LogP contribution in [0, 0.1) is 11.3 Å². The van der Waals surface area contributed by atoms with Gasteiger partial charge in [-0.2, -0.15) is 5.26 Å². The van der Waals surface area contributed by atoms with Crippen LogP contribution in [0.2, 0.25) is 0 Å². The van der Waals surface area contributed by atoms with Crippen LogP contribution in [-0.2, 0) is 0 Å². The van der Waals surface area contributed by atoms with Gasteiger partial charge >= 0.3 is 0 Å². The normalized spacial score (nSPS) is 22.4. The lowest BCUT2D eigenvalue weighted by molar-refractivity contribution is 0.0773. The predicted octanol–water partition coefficient (Wildman–Crippen LogP) is 2.75. The zero-order chi connectivity index (χ0) is 14.7. The van der Waals surface area contributed by atoms with E-state index >= 15 is 0 Å². The molecule has 0 spiro atoms. The summed E-state index contributed by atoms with van der Waals surface area (Å²) in [6.07, 6.45) is 1.09. The number of likely N-dealkylation sites (N-methyl/N-ethyl adjacent to an activating group) is 1. The van der Waals surface area contributed by atoms with Crippen molar-refractivity contribution in [2.75, 3.05) is 26.7 Å². The molecule has 1 aliphatic heterocycles. The molecule has 1 aliphatic rings. The van der Waals surface area contributed by atoms with E-state index in [1.165, 1.54) is 0 Å². The quantitative estimate of drug-likeness (QED) is 0.921. The number of benzene rings is 1. The maximum Gasteiger partial charge on any atom is 0.129 e. The summed E-state index contributed by atoms with van der Waals surface area (Å²) in [6, 6.07) is 7.94. The van der Waals surface area contributed by atoms with Crippen molar-refractivity contribution < 1.29 is 5.11 Å². The number of halogens is 1. The van der Waals surface area contributed by atoms with Gasteiger partial charge in [0.1, 0.15) is 11.8 Å². The molecule has 4 nitrogen and oxygen atoms in total. The average Bonchev–Trinajstić information content (AvgIpc) is 2.45. The van der Waals surface area contributed by atoms with Gasteiger partial charge in [-0.05, 0) is 47.1 Å². The molecule has 5 heteroatoms. The summed E-state index contributed by atoms with van der Waals surface area (Å²) in [5.74, 6) is 0.204. The highest BCUT2D eigenvalue weighted by molar-refractivity contribution is 9.10. The fourth-order valence-corrected chi connectivity index (χ4v) is 3.10. The highest BCUT2D eigenvalue weighted by Crippen LogP contribution is 2.30. The number of aromatic hydroxyl groups is 1. The van der Waals surface area contributed by atoms with Crippen LogP contribution >= 0.6 is 15.9 Å². The lowest BCUT2D eigenvalue weighted by atomic mass is 10.0. The molecule has 2 atom stereocenters. The summed E-state index contributed by atoms with van der Waals surface area (Å²) in [6.45, 7) is 4.96. The van der Waals surface area contributed by atoms with Crippen LogP contribution in [0.1, 0.15) is 24.9 Å². The van der Waals surface area contributed by atoms with Crippen LogP contribution in [0.5, 0.6) is 5.75 Å². The van der Waals surface area contributed by atoms with Crippen molar-refractivity contribution in [2.24, 2.45) is 0 Å². The zero-order valence-corrected chi connectivity index (χ0v) is 13.5. The minimum absolute atomic E-state index is 0.204. The van der Waals surface area contributed by atoms with Crippen LogP contribution in [0.15, 0.2) is 22.7 Å². The van der Waals surface area contributed by atoms with Crippen molar-refractivity contribution in [3.8, 4) is 11.8 Å². The Kier molecular flexibility index (Phi) is 5.03. The van der Waals surface area contributed by atoms with E-state index in [2.05, 4.69) is 45.8 Å². The van der Waals surface area contributed by atoms with E-state index in [0.717, 1.165) is 31.6 Å². The van der Waals surface area contributed by atoms with Gasteiger partial charge in [0.2, 0.25) is 0 Å². The molecule has 0 bridgehead atoms. The first-order chi connectivity index (χ1) is 9.56. The first-order valence-electron chi connectivity index (χ1n) is 6.89. The van der Waals surface area contributed by atoms with E-state index in [4.69, 9.17) is 0 Å². The van der Waals surface area contributed by atoms with Crippen LogP contribution in [-0.4, -0.2) is 47.6 Å². The summed E-state index contributed by atoms with van der Waals surface area (Å²) in [7, 11) is 2.14. The van der Waals surface area contributed by atoms with E-state index in [1.54, 1.807) is 6.07 Å². The largest absolute Gasteiger partial charge is 0.507 e. The molecule has 108 valence electrons. The molecule has 2 rings (SSSR count). The first-order valence-corrected chi connectivity index (χ1v) is 7.68. The SMILES string of the molecule is CCC1CN(C(C#N)c2ccc(O)c(Br)c2)CCN1C. The van der Waals surface area contributed by atoms with Gasteiger partial charge in [0.05, 0.1) is 10.5 Å². The van der Waals surface area contributed by atoms with Crippen molar-refractivity contribution in [1.82, 2.24) is 9.80 Å². The van der Waals surface area contributed by atoms with E-state index in [-0.39, 0.29) is 11.8 Å². The molecule has 20 heavy (non-hydrogen) atoms. The Morgan fingerprint density at radius 2 is 2.25 bits per heavy atom. The lowest BCUT2D eigenvalue weighted by Crippen LogP contribution is -2.51. The van der Waals surface area contributed by atoms with Crippen molar-refractivity contribution >= 4 is 15.9 Å². The summed E-state index contributed by atoms with van der Waals surface area (Å²) < 4.78 is 0.636. The summed E-state index contributed by atoms with van der Waals surface area (Å²) in [5.41, 5.74) is 0.927. The zero-order valence-electron chi connectivity index (χ0n) is 11.9. The maximum atomic E-state index is 9.57. The third-order valence-corrected chi connectivity index (χ3v) is 4.69. The summed E-state index contributed by atoms with van der Waals surface area (Å²) in [5, 5.41) is 19.1. The molecule has 1 fully saturated rings. The number of hydrogen-bond donors (Lipinski definition) is 1. The van der Waals surface area contributed by atoms with Gasteiger partial charge in [-0.25, -0.2) is 0 Å². The van der Waals surface area contributed by atoms with E-state index < -0.39 is 0 Å². The van der Waals surface area contributed by atoms with Gasteiger partial charge in [0.25, 0.3) is 0 Å². The minimum atomic E-state index is -0.255. The van der Waals surface area contributed by atoms with Crippen molar-refractivity contribution in [2.45, 2.75) is 25.4 Å². The first kappa shape index (κ1) is 15.3. The van der Waals surface area contributed by atoms with Gasteiger partial charge in [-0.1, -0.05) is 13.0 Å². The molecule has 1 saturated heterocycles. The Bertz CT molecular complexity index is 514. The third kappa shape index (κ3) is 3.14. The molecule has 1 aromatic carbocycles. The van der Waals surface area contributed by atoms with Gasteiger partial charge in [-0.15, -0.1) is 0 Å². The second-order valence-electron chi connectivity index (χ2n) is 5.28. The fourth-order valence-electron chi connectivity index (χ4n) is 2.71. The Labute approximate surface area is 128 Å². The van der Waals surface area contributed by atoms with Crippen molar-refractivity contribution in [3.63, 3.8) is 0 Å². The number of piperazine rings is 1. The van der Waals surface area contributed by atoms with Crippen LogP contribution < -0.4 is 0 Å². The molecule has 0 aliphatic carbocycles. The number of nitriles is 1. The Morgan fingerprint density at radius 1 is 1.50 bits per heavy atom. The highest BCUT2D eigenvalue weighted by Gasteiger charge is 2.29. The highest BCUT2D eigenvalue weighted by atomic mass is 79.9. The minimum Gasteiger partial charge on any atom is -0.507 e. The maximum absolute atomic E-state index is 9.57. The third-order valence-electron chi connectivity index (χ3n) is 4.05. The second kappa shape index (κ2) is 6.57. The van der Waals surface area contributed by atoms with E-state index in [9.17, 15) is 10.4 Å². The smallest absolute Gasteiger partial charge is 0.129 e. The molecule has 1 N–H and O–H groups in total. The van der Waals surface area contributed by atoms with Crippen LogP contribution in [0.3, 0.4) is 0 Å². The molecule has 2 unspecified atom stereocenters. The number of nitrogens with zero attached hydrogens (tertiary/aromatic N) is 3. The average molecular weight is 338 g/mol. The van der Waals surface area contributed by atoms with Crippen LogP contribution in [0.4, 0.5) is 0 Å².